The van der Waals surface area contributed by atoms with E-state index in [2.05, 4.69) is 4.98 Å². The number of fused-ring (bicyclic) bond motifs is 1. The molecule has 0 radical (unpaired) electrons. The zero-order valence-corrected chi connectivity index (χ0v) is 12.1. The fourth-order valence-electron chi connectivity index (χ4n) is 2.35. The summed E-state index contributed by atoms with van der Waals surface area (Å²) in [5.74, 6) is 0. The molecule has 20 heavy (non-hydrogen) atoms. The van der Waals surface area contributed by atoms with Crippen molar-refractivity contribution in [1.29, 1.82) is 0 Å². The number of hydrogen-bond acceptors (Lipinski definition) is 2. The van der Waals surface area contributed by atoms with Gasteiger partial charge < -0.3 is 5.73 Å². The van der Waals surface area contributed by atoms with Crippen molar-refractivity contribution in [2.45, 2.75) is 6.04 Å². The molecular weight excluding hydrogens is 291 g/mol. The molecule has 1 unspecified atom stereocenters. The summed E-state index contributed by atoms with van der Waals surface area (Å²) in [5.41, 5.74) is 8.31. The van der Waals surface area contributed by atoms with Crippen LogP contribution in [0.3, 0.4) is 0 Å². The van der Waals surface area contributed by atoms with E-state index < -0.39 is 0 Å². The standard InChI is InChI=1S/C16H12Cl2N2/c17-12-6-11(7-13(18)8-12)16(19)15-3-1-2-10-9-20-5-4-14(10)15/h1-9,16H,19H2. The summed E-state index contributed by atoms with van der Waals surface area (Å²) < 4.78 is 0. The van der Waals surface area contributed by atoms with Gasteiger partial charge in [0.1, 0.15) is 0 Å². The Balaban J connectivity index is 2.15. The van der Waals surface area contributed by atoms with Crippen molar-refractivity contribution in [2.75, 3.05) is 0 Å². The van der Waals surface area contributed by atoms with Crippen LogP contribution in [0, 0.1) is 0 Å². The van der Waals surface area contributed by atoms with Gasteiger partial charge >= 0.3 is 0 Å². The summed E-state index contributed by atoms with van der Waals surface area (Å²) in [5, 5.41) is 3.33. The minimum absolute atomic E-state index is 0.280. The molecule has 2 N–H and O–H groups in total. The summed E-state index contributed by atoms with van der Waals surface area (Å²) in [7, 11) is 0. The average Bonchev–Trinajstić information content (AvgIpc) is 2.45. The number of nitrogens with two attached hydrogens (primary N) is 1. The molecule has 0 saturated heterocycles. The summed E-state index contributed by atoms with van der Waals surface area (Å²) >= 11 is 12.1. The first-order chi connectivity index (χ1) is 9.65. The zero-order valence-electron chi connectivity index (χ0n) is 10.6. The van der Waals surface area contributed by atoms with Crippen molar-refractivity contribution in [1.82, 2.24) is 4.98 Å². The highest BCUT2D eigenvalue weighted by atomic mass is 35.5. The van der Waals surface area contributed by atoms with Crippen LogP contribution in [0.2, 0.25) is 10.0 Å². The second-order valence-corrected chi connectivity index (χ2v) is 5.50. The molecule has 1 atom stereocenters. The molecule has 0 saturated carbocycles. The maximum absolute atomic E-state index is 6.38. The molecule has 0 fully saturated rings. The fraction of sp³-hybridized carbons (Fsp3) is 0.0625. The SMILES string of the molecule is NC(c1cc(Cl)cc(Cl)c1)c1cccc2cnccc12. The summed E-state index contributed by atoms with van der Waals surface area (Å²) in [6.07, 6.45) is 3.60. The van der Waals surface area contributed by atoms with Gasteiger partial charge in [-0.1, -0.05) is 41.4 Å². The number of benzene rings is 2. The lowest BCUT2D eigenvalue weighted by atomic mass is 9.95. The van der Waals surface area contributed by atoms with E-state index in [0.717, 1.165) is 21.9 Å². The highest BCUT2D eigenvalue weighted by Gasteiger charge is 2.13. The molecule has 0 bridgehead atoms. The predicted octanol–water partition coefficient (Wildman–Crippen LogP) is 4.59. The first kappa shape index (κ1) is 13.4. The Morgan fingerprint density at radius 1 is 1.00 bits per heavy atom. The van der Waals surface area contributed by atoms with Crippen molar-refractivity contribution in [3.8, 4) is 0 Å². The van der Waals surface area contributed by atoms with Crippen molar-refractivity contribution >= 4 is 34.0 Å². The van der Waals surface area contributed by atoms with E-state index in [9.17, 15) is 0 Å². The molecule has 0 aliphatic heterocycles. The van der Waals surface area contributed by atoms with Crippen LogP contribution in [-0.4, -0.2) is 4.98 Å². The Kier molecular flexibility index (Phi) is 3.62. The third kappa shape index (κ3) is 2.50. The maximum Gasteiger partial charge on any atom is 0.0558 e. The van der Waals surface area contributed by atoms with Crippen LogP contribution in [0.4, 0.5) is 0 Å². The van der Waals surface area contributed by atoms with E-state index in [1.165, 1.54) is 0 Å². The van der Waals surface area contributed by atoms with E-state index in [0.29, 0.717) is 10.0 Å². The average molecular weight is 303 g/mol. The van der Waals surface area contributed by atoms with Crippen molar-refractivity contribution < 1.29 is 0 Å². The largest absolute Gasteiger partial charge is 0.320 e. The zero-order chi connectivity index (χ0) is 14.1. The highest BCUT2D eigenvalue weighted by Crippen LogP contribution is 2.30. The van der Waals surface area contributed by atoms with Crippen LogP contribution in [0.5, 0.6) is 0 Å². The fourth-order valence-corrected chi connectivity index (χ4v) is 2.90. The van der Waals surface area contributed by atoms with Gasteiger partial charge in [0.15, 0.2) is 0 Å². The van der Waals surface area contributed by atoms with Gasteiger partial charge in [-0.15, -0.1) is 0 Å². The first-order valence-corrected chi connectivity index (χ1v) is 6.95. The summed E-state index contributed by atoms with van der Waals surface area (Å²) in [6, 6.07) is 13.1. The smallest absolute Gasteiger partial charge is 0.0558 e. The topological polar surface area (TPSA) is 38.9 Å². The number of pyridine rings is 1. The van der Waals surface area contributed by atoms with Gasteiger partial charge in [0.25, 0.3) is 0 Å². The number of halogens is 2. The van der Waals surface area contributed by atoms with E-state index in [-0.39, 0.29) is 6.04 Å². The number of aromatic nitrogens is 1. The third-order valence-electron chi connectivity index (χ3n) is 3.29. The quantitative estimate of drug-likeness (QED) is 0.752. The van der Waals surface area contributed by atoms with Gasteiger partial charge in [-0.3, -0.25) is 4.98 Å². The summed E-state index contributed by atoms with van der Waals surface area (Å²) in [4.78, 5) is 4.13. The van der Waals surface area contributed by atoms with Crippen LogP contribution in [0.25, 0.3) is 10.8 Å². The number of nitrogens with zero attached hydrogens (tertiary/aromatic N) is 1. The van der Waals surface area contributed by atoms with Gasteiger partial charge in [-0.25, -0.2) is 0 Å². The molecule has 2 nitrogen and oxygen atoms in total. The second kappa shape index (κ2) is 5.41. The molecule has 4 heteroatoms. The van der Waals surface area contributed by atoms with Gasteiger partial charge in [0.05, 0.1) is 6.04 Å². The molecule has 3 rings (SSSR count). The van der Waals surface area contributed by atoms with E-state index in [1.54, 1.807) is 12.3 Å². The van der Waals surface area contributed by atoms with Crippen LogP contribution in [0.15, 0.2) is 54.9 Å². The molecule has 3 aromatic rings. The van der Waals surface area contributed by atoms with Crippen LogP contribution >= 0.6 is 23.2 Å². The minimum atomic E-state index is -0.280. The molecule has 0 amide bonds. The van der Waals surface area contributed by atoms with Crippen LogP contribution in [0.1, 0.15) is 17.2 Å². The maximum atomic E-state index is 6.38. The molecule has 1 heterocycles. The van der Waals surface area contributed by atoms with Gasteiger partial charge in [0, 0.05) is 27.8 Å². The number of rotatable bonds is 2. The van der Waals surface area contributed by atoms with Gasteiger partial charge in [-0.2, -0.15) is 0 Å². The second-order valence-electron chi connectivity index (χ2n) is 4.62. The first-order valence-electron chi connectivity index (χ1n) is 6.19. The molecule has 0 aliphatic carbocycles. The Labute approximate surface area is 127 Å². The molecule has 100 valence electrons. The monoisotopic (exact) mass is 302 g/mol. The van der Waals surface area contributed by atoms with Crippen LogP contribution < -0.4 is 5.73 Å². The Bertz CT molecular complexity index is 746. The lowest BCUT2D eigenvalue weighted by Crippen LogP contribution is -2.12. The predicted molar refractivity (Wildman–Crippen MR) is 84.2 cm³/mol. The molecular formula is C16H12Cl2N2. The number of hydrogen-bond donors (Lipinski definition) is 1. The van der Waals surface area contributed by atoms with Gasteiger partial charge in [0.2, 0.25) is 0 Å². The van der Waals surface area contributed by atoms with E-state index in [4.69, 9.17) is 28.9 Å². The third-order valence-corrected chi connectivity index (χ3v) is 3.73. The normalized spacial score (nSPS) is 12.6. The van der Waals surface area contributed by atoms with Gasteiger partial charge in [-0.05, 0) is 40.8 Å². The summed E-state index contributed by atoms with van der Waals surface area (Å²) in [6.45, 7) is 0. The van der Waals surface area contributed by atoms with Crippen molar-refractivity contribution in [2.24, 2.45) is 5.73 Å². The molecule has 0 aliphatic rings. The lowest BCUT2D eigenvalue weighted by molar-refractivity contribution is 0.881. The Morgan fingerprint density at radius 2 is 1.75 bits per heavy atom. The molecule has 0 spiro atoms. The highest BCUT2D eigenvalue weighted by molar-refractivity contribution is 6.34. The van der Waals surface area contributed by atoms with Crippen molar-refractivity contribution in [3.63, 3.8) is 0 Å². The van der Waals surface area contributed by atoms with Crippen LogP contribution in [-0.2, 0) is 0 Å². The van der Waals surface area contributed by atoms with E-state index >= 15 is 0 Å². The minimum Gasteiger partial charge on any atom is -0.320 e. The van der Waals surface area contributed by atoms with Crippen molar-refractivity contribution in [3.05, 3.63) is 76.0 Å². The lowest BCUT2D eigenvalue weighted by Gasteiger charge is -2.15. The Morgan fingerprint density at radius 3 is 2.50 bits per heavy atom. The molecule has 2 aromatic carbocycles. The van der Waals surface area contributed by atoms with E-state index in [1.807, 2.05) is 42.6 Å². The Hall–Kier alpha value is -1.61. The molecule has 1 aromatic heterocycles.